The van der Waals surface area contributed by atoms with Crippen LogP contribution in [-0.4, -0.2) is 31.4 Å². The van der Waals surface area contributed by atoms with Gasteiger partial charge in [-0.1, -0.05) is 59.8 Å². The molecule has 0 bridgehead atoms. The van der Waals surface area contributed by atoms with Gasteiger partial charge in [0.15, 0.2) is 5.82 Å². The van der Waals surface area contributed by atoms with Crippen LogP contribution in [0.2, 0.25) is 5.02 Å². The van der Waals surface area contributed by atoms with Gasteiger partial charge in [-0.2, -0.15) is 0 Å². The molecule has 0 aliphatic rings. The number of imidazole rings is 1. The van der Waals surface area contributed by atoms with Crippen molar-refractivity contribution in [3.05, 3.63) is 84.3 Å². The van der Waals surface area contributed by atoms with Gasteiger partial charge in [0.2, 0.25) is 5.91 Å². The van der Waals surface area contributed by atoms with E-state index in [9.17, 15) is 4.79 Å². The summed E-state index contributed by atoms with van der Waals surface area (Å²) in [4.78, 5) is 16.5. The van der Waals surface area contributed by atoms with Crippen molar-refractivity contribution in [2.45, 2.75) is 5.03 Å². The molecule has 1 amide bonds. The largest absolute Gasteiger partial charge is 0.325 e. The van der Waals surface area contributed by atoms with Gasteiger partial charge in [0.05, 0.1) is 11.4 Å². The molecule has 4 rings (SSSR count). The maximum Gasteiger partial charge on any atom is 0.234 e. The van der Waals surface area contributed by atoms with Crippen LogP contribution in [0, 0.1) is 0 Å². The molecular weight excluding hydrogens is 406 g/mol. The molecule has 4 aromatic rings. The SMILES string of the molecule is O=C(CSc1ccc(-n2cnc(-c3ccccc3)c2)nn1)Nc1cccc(Cl)c1. The average molecular weight is 422 g/mol. The number of nitrogens with one attached hydrogen (secondary N) is 1. The summed E-state index contributed by atoms with van der Waals surface area (Å²) < 4.78 is 1.82. The first-order chi connectivity index (χ1) is 14.2. The molecule has 2 aromatic heterocycles. The summed E-state index contributed by atoms with van der Waals surface area (Å²) in [6, 6.07) is 20.6. The molecule has 0 saturated carbocycles. The molecule has 0 atom stereocenters. The lowest BCUT2D eigenvalue weighted by atomic mass is 10.2. The van der Waals surface area contributed by atoms with Gasteiger partial charge in [0.1, 0.15) is 11.4 Å². The van der Waals surface area contributed by atoms with Crippen molar-refractivity contribution in [2.24, 2.45) is 0 Å². The maximum atomic E-state index is 12.1. The fourth-order valence-corrected chi connectivity index (χ4v) is 3.44. The van der Waals surface area contributed by atoms with E-state index in [0.29, 0.717) is 21.6 Å². The number of benzene rings is 2. The van der Waals surface area contributed by atoms with E-state index in [1.807, 2.05) is 53.2 Å². The number of carbonyl (C=O) groups excluding carboxylic acids is 1. The summed E-state index contributed by atoms with van der Waals surface area (Å²) in [5.74, 6) is 0.752. The van der Waals surface area contributed by atoms with E-state index in [0.717, 1.165) is 11.3 Å². The van der Waals surface area contributed by atoms with Gasteiger partial charge in [-0.15, -0.1) is 10.2 Å². The van der Waals surface area contributed by atoms with Crippen LogP contribution in [0.1, 0.15) is 0 Å². The zero-order chi connectivity index (χ0) is 20.1. The molecule has 1 N–H and O–H groups in total. The van der Waals surface area contributed by atoms with E-state index in [4.69, 9.17) is 11.6 Å². The second-order valence-corrected chi connectivity index (χ2v) is 7.54. The number of amides is 1. The van der Waals surface area contributed by atoms with Crippen LogP contribution in [0.3, 0.4) is 0 Å². The summed E-state index contributed by atoms with van der Waals surface area (Å²) in [5.41, 5.74) is 2.57. The first-order valence-corrected chi connectivity index (χ1v) is 10.2. The van der Waals surface area contributed by atoms with Gasteiger partial charge in [0.25, 0.3) is 0 Å². The fraction of sp³-hybridized carbons (Fsp3) is 0.0476. The van der Waals surface area contributed by atoms with Crippen molar-refractivity contribution in [3.8, 4) is 17.1 Å². The molecular formula is C21H16ClN5OS. The smallest absolute Gasteiger partial charge is 0.234 e. The molecule has 0 unspecified atom stereocenters. The predicted molar refractivity (Wildman–Crippen MR) is 115 cm³/mol. The Bertz CT molecular complexity index is 1120. The third-order valence-corrected chi connectivity index (χ3v) is 5.16. The summed E-state index contributed by atoms with van der Waals surface area (Å²) in [6.45, 7) is 0. The number of hydrogen-bond acceptors (Lipinski definition) is 5. The third kappa shape index (κ3) is 5.01. The van der Waals surface area contributed by atoms with Crippen molar-refractivity contribution in [2.75, 3.05) is 11.1 Å². The molecule has 6 nitrogen and oxygen atoms in total. The van der Waals surface area contributed by atoms with E-state index in [-0.39, 0.29) is 11.7 Å². The van der Waals surface area contributed by atoms with Gasteiger partial charge in [-0.25, -0.2) is 4.98 Å². The molecule has 0 aliphatic heterocycles. The van der Waals surface area contributed by atoms with E-state index >= 15 is 0 Å². The summed E-state index contributed by atoms with van der Waals surface area (Å²) in [6.07, 6.45) is 3.61. The van der Waals surface area contributed by atoms with Gasteiger partial charge in [-0.3, -0.25) is 9.36 Å². The molecule has 2 heterocycles. The molecule has 0 radical (unpaired) electrons. The first-order valence-electron chi connectivity index (χ1n) is 8.79. The Balaban J connectivity index is 1.36. The van der Waals surface area contributed by atoms with Crippen molar-refractivity contribution < 1.29 is 4.79 Å². The minimum Gasteiger partial charge on any atom is -0.325 e. The van der Waals surface area contributed by atoms with Crippen molar-refractivity contribution in [1.82, 2.24) is 19.7 Å². The monoisotopic (exact) mass is 421 g/mol. The predicted octanol–water partition coefficient (Wildman–Crippen LogP) is 4.71. The Labute approximate surface area is 177 Å². The quantitative estimate of drug-likeness (QED) is 0.456. The topological polar surface area (TPSA) is 72.7 Å². The fourth-order valence-electron chi connectivity index (χ4n) is 2.64. The molecule has 0 spiro atoms. The minimum absolute atomic E-state index is 0.134. The highest BCUT2D eigenvalue weighted by molar-refractivity contribution is 7.99. The second kappa shape index (κ2) is 8.89. The van der Waals surface area contributed by atoms with Crippen LogP contribution >= 0.6 is 23.4 Å². The Morgan fingerprint density at radius 1 is 1.03 bits per heavy atom. The number of nitrogens with zero attached hydrogens (tertiary/aromatic N) is 4. The standard InChI is InChI=1S/C21H16ClN5OS/c22-16-7-4-8-17(11-16)24-20(28)13-29-21-10-9-19(25-26-21)27-12-18(23-14-27)15-5-2-1-3-6-15/h1-12,14H,13H2,(H,24,28). The van der Waals surface area contributed by atoms with Crippen molar-refractivity contribution in [3.63, 3.8) is 0 Å². The summed E-state index contributed by atoms with van der Waals surface area (Å²) in [5, 5.41) is 12.5. The molecule has 8 heteroatoms. The number of aromatic nitrogens is 4. The molecule has 0 aliphatic carbocycles. The maximum absolute atomic E-state index is 12.1. The number of thioether (sulfide) groups is 1. The number of rotatable bonds is 6. The molecule has 29 heavy (non-hydrogen) atoms. The van der Waals surface area contributed by atoms with Crippen LogP contribution in [0.15, 0.2) is 84.3 Å². The highest BCUT2D eigenvalue weighted by atomic mass is 35.5. The highest BCUT2D eigenvalue weighted by Crippen LogP contribution is 2.20. The van der Waals surface area contributed by atoms with Crippen LogP contribution in [-0.2, 0) is 4.79 Å². The van der Waals surface area contributed by atoms with Crippen LogP contribution < -0.4 is 5.32 Å². The normalized spacial score (nSPS) is 10.7. The van der Waals surface area contributed by atoms with E-state index in [1.54, 1.807) is 30.6 Å². The van der Waals surface area contributed by atoms with Gasteiger partial charge >= 0.3 is 0 Å². The molecule has 0 saturated heterocycles. The van der Waals surface area contributed by atoms with Gasteiger partial charge in [0, 0.05) is 22.5 Å². The minimum atomic E-state index is -0.134. The van der Waals surface area contributed by atoms with Crippen LogP contribution in [0.25, 0.3) is 17.1 Å². The summed E-state index contributed by atoms with van der Waals surface area (Å²) >= 11 is 7.24. The molecule has 2 aromatic carbocycles. The lowest BCUT2D eigenvalue weighted by molar-refractivity contribution is -0.113. The van der Waals surface area contributed by atoms with E-state index in [1.165, 1.54) is 11.8 Å². The zero-order valence-corrected chi connectivity index (χ0v) is 16.8. The Morgan fingerprint density at radius 2 is 1.90 bits per heavy atom. The highest BCUT2D eigenvalue weighted by Gasteiger charge is 2.08. The average Bonchev–Trinajstić information content (AvgIpc) is 3.24. The Hall–Kier alpha value is -3.16. The third-order valence-electron chi connectivity index (χ3n) is 4.00. The van der Waals surface area contributed by atoms with Gasteiger partial charge in [-0.05, 0) is 30.3 Å². The van der Waals surface area contributed by atoms with E-state index in [2.05, 4.69) is 20.5 Å². The number of anilines is 1. The van der Waals surface area contributed by atoms with E-state index < -0.39 is 0 Å². The lowest BCUT2D eigenvalue weighted by Gasteiger charge is -2.05. The first kappa shape index (κ1) is 19.2. The Morgan fingerprint density at radius 3 is 2.66 bits per heavy atom. The lowest BCUT2D eigenvalue weighted by Crippen LogP contribution is -2.14. The van der Waals surface area contributed by atoms with Crippen molar-refractivity contribution in [1.29, 1.82) is 0 Å². The van der Waals surface area contributed by atoms with Crippen LogP contribution in [0.5, 0.6) is 0 Å². The zero-order valence-electron chi connectivity index (χ0n) is 15.2. The van der Waals surface area contributed by atoms with Gasteiger partial charge < -0.3 is 5.32 Å². The summed E-state index contributed by atoms with van der Waals surface area (Å²) in [7, 11) is 0. The van der Waals surface area contributed by atoms with Crippen molar-refractivity contribution >= 4 is 35.0 Å². The number of halogens is 1. The number of hydrogen-bond donors (Lipinski definition) is 1. The Kier molecular flexibility index (Phi) is 5.88. The number of carbonyl (C=O) groups is 1. The molecule has 144 valence electrons. The second-order valence-electron chi connectivity index (χ2n) is 6.11. The van der Waals surface area contributed by atoms with Crippen LogP contribution in [0.4, 0.5) is 5.69 Å². The molecule has 0 fully saturated rings.